The van der Waals surface area contributed by atoms with E-state index in [0.717, 1.165) is 0 Å². The van der Waals surface area contributed by atoms with Crippen LogP contribution in [0.15, 0.2) is 35.2 Å². The van der Waals surface area contributed by atoms with Gasteiger partial charge in [0, 0.05) is 0 Å². The molecule has 2 aromatic rings. The smallest absolute Gasteiger partial charge is 0.263 e. The third kappa shape index (κ3) is 3.25. The van der Waals surface area contributed by atoms with E-state index in [1.165, 1.54) is 30.3 Å². The van der Waals surface area contributed by atoms with Crippen molar-refractivity contribution in [2.45, 2.75) is 4.90 Å². The van der Waals surface area contributed by atoms with Crippen molar-refractivity contribution >= 4 is 44.7 Å². The number of nitrogens with one attached hydrogen (secondary N) is 1. The lowest BCUT2D eigenvalue weighted by Gasteiger charge is -2.07. The number of aromatic nitrogens is 2. The highest BCUT2D eigenvalue weighted by atomic mass is 35.5. The molecule has 100 valence electrons. The third-order valence-corrected chi connectivity index (χ3v) is 4.05. The Bertz CT molecular complexity index is 704. The molecular formula is C10H8Cl2N4O2S. The first-order valence-electron chi connectivity index (χ1n) is 4.95. The minimum Gasteiger partial charge on any atom is -0.397 e. The van der Waals surface area contributed by atoms with E-state index in [1.807, 2.05) is 0 Å². The number of nitrogens with two attached hydrogens (primary N) is 1. The summed E-state index contributed by atoms with van der Waals surface area (Å²) in [6, 6.07) is 6.81. The second kappa shape index (κ2) is 5.20. The number of nitrogens with zero attached hydrogens (tertiary/aromatic N) is 2. The average Bonchev–Trinajstić information content (AvgIpc) is 2.35. The Morgan fingerprint density at radius 3 is 2.42 bits per heavy atom. The first-order valence-corrected chi connectivity index (χ1v) is 7.19. The van der Waals surface area contributed by atoms with Crippen molar-refractivity contribution in [3.8, 4) is 0 Å². The minimum absolute atomic E-state index is 0.0221. The normalized spacial score (nSPS) is 11.3. The fraction of sp³-hybridized carbons (Fsp3) is 0. The van der Waals surface area contributed by atoms with Gasteiger partial charge in [-0.2, -0.15) is 0 Å². The Morgan fingerprint density at radius 1 is 1.11 bits per heavy atom. The molecule has 2 rings (SSSR count). The van der Waals surface area contributed by atoms with Crippen LogP contribution in [0.1, 0.15) is 0 Å². The largest absolute Gasteiger partial charge is 0.397 e. The lowest BCUT2D eigenvalue weighted by molar-refractivity contribution is 0.601. The first kappa shape index (κ1) is 13.9. The zero-order chi connectivity index (χ0) is 14.0. The summed E-state index contributed by atoms with van der Waals surface area (Å²) < 4.78 is 26.3. The van der Waals surface area contributed by atoms with Gasteiger partial charge in [0.05, 0.1) is 15.6 Å². The summed E-state index contributed by atoms with van der Waals surface area (Å²) in [6.07, 6.45) is 0. The Hall–Kier alpha value is -1.57. The van der Waals surface area contributed by atoms with Gasteiger partial charge in [-0.05, 0) is 30.3 Å². The van der Waals surface area contributed by atoms with Crippen LogP contribution in [0.25, 0.3) is 0 Å². The molecule has 0 saturated heterocycles. The molecule has 0 unspecified atom stereocenters. The highest BCUT2D eigenvalue weighted by Crippen LogP contribution is 2.23. The van der Waals surface area contributed by atoms with Crippen molar-refractivity contribution < 1.29 is 8.42 Å². The van der Waals surface area contributed by atoms with Gasteiger partial charge in [-0.3, -0.25) is 4.72 Å². The number of hydrogen-bond donors (Lipinski definition) is 2. The van der Waals surface area contributed by atoms with Gasteiger partial charge >= 0.3 is 0 Å². The number of sulfonamides is 1. The average molecular weight is 319 g/mol. The number of rotatable bonds is 3. The number of hydrogen-bond acceptors (Lipinski definition) is 5. The van der Waals surface area contributed by atoms with Crippen molar-refractivity contribution in [3.05, 3.63) is 40.5 Å². The van der Waals surface area contributed by atoms with Crippen LogP contribution in [-0.4, -0.2) is 18.6 Å². The van der Waals surface area contributed by atoms with Gasteiger partial charge in [-0.15, -0.1) is 10.2 Å². The Morgan fingerprint density at radius 2 is 1.84 bits per heavy atom. The molecular weight excluding hydrogens is 311 g/mol. The zero-order valence-corrected chi connectivity index (χ0v) is 11.7. The maximum absolute atomic E-state index is 12.0. The highest BCUT2D eigenvalue weighted by Gasteiger charge is 2.16. The molecule has 0 radical (unpaired) electrons. The van der Waals surface area contributed by atoms with Gasteiger partial charge in [0.25, 0.3) is 10.0 Å². The topological polar surface area (TPSA) is 98.0 Å². The molecule has 0 atom stereocenters. The minimum atomic E-state index is -3.80. The second-order valence-electron chi connectivity index (χ2n) is 3.53. The van der Waals surface area contributed by atoms with E-state index in [-0.39, 0.29) is 26.6 Å². The quantitative estimate of drug-likeness (QED) is 0.845. The van der Waals surface area contributed by atoms with Crippen LogP contribution in [-0.2, 0) is 10.0 Å². The maximum Gasteiger partial charge on any atom is 0.263 e. The fourth-order valence-corrected chi connectivity index (χ4v) is 2.51. The summed E-state index contributed by atoms with van der Waals surface area (Å²) in [5, 5.41) is 7.58. The number of anilines is 2. The van der Waals surface area contributed by atoms with E-state index >= 15 is 0 Å². The summed E-state index contributed by atoms with van der Waals surface area (Å²) in [4.78, 5) is -0.0221. The summed E-state index contributed by atoms with van der Waals surface area (Å²) in [5.74, 6) is 0.0536. The lowest BCUT2D eigenvalue weighted by atomic mass is 10.3. The highest BCUT2D eigenvalue weighted by molar-refractivity contribution is 7.92. The number of halogens is 2. The van der Waals surface area contributed by atoms with Gasteiger partial charge in [-0.25, -0.2) is 8.42 Å². The van der Waals surface area contributed by atoms with Crippen molar-refractivity contribution in [1.29, 1.82) is 0 Å². The fourth-order valence-electron chi connectivity index (χ4n) is 1.26. The van der Waals surface area contributed by atoms with Crippen LogP contribution < -0.4 is 10.5 Å². The van der Waals surface area contributed by atoms with Crippen molar-refractivity contribution in [2.24, 2.45) is 0 Å². The monoisotopic (exact) mass is 318 g/mol. The molecule has 0 aliphatic rings. The second-order valence-corrected chi connectivity index (χ2v) is 6.01. The molecule has 9 heteroatoms. The molecule has 1 heterocycles. The zero-order valence-electron chi connectivity index (χ0n) is 9.34. The molecule has 0 bridgehead atoms. The predicted molar refractivity (Wildman–Crippen MR) is 73.7 cm³/mol. The van der Waals surface area contributed by atoms with Crippen LogP contribution in [0.4, 0.5) is 11.5 Å². The van der Waals surface area contributed by atoms with E-state index in [1.54, 1.807) is 0 Å². The Labute approximate surface area is 119 Å². The van der Waals surface area contributed by atoms with Crippen LogP contribution in [0, 0.1) is 0 Å². The van der Waals surface area contributed by atoms with Gasteiger partial charge in [0.2, 0.25) is 0 Å². The predicted octanol–water partition coefficient (Wildman–Crippen LogP) is 2.17. The Balaban J connectivity index is 2.32. The van der Waals surface area contributed by atoms with Crippen LogP contribution >= 0.6 is 23.2 Å². The van der Waals surface area contributed by atoms with Gasteiger partial charge < -0.3 is 5.73 Å². The molecule has 0 saturated carbocycles. The SMILES string of the molecule is Nc1cc(S(=O)(=O)Nc2ccc(Cl)nn2)ccc1Cl. The molecule has 0 amide bonds. The van der Waals surface area contributed by atoms with Crippen LogP contribution in [0.2, 0.25) is 10.2 Å². The van der Waals surface area contributed by atoms with Gasteiger partial charge in [0.15, 0.2) is 11.0 Å². The maximum atomic E-state index is 12.0. The molecule has 0 fully saturated rings. The summed E-state index contributed by atoms with van der Waals surface area (Å²) in [7, 11) is -3.80. The number of benzene rings is 1. The summed E-state index contributed by atoms with van der Waals surface area (Å²) in [6.45, 7) is 0. The Kier molecular flexibility index (Phi) is 3.79. The van der Waals surface area contributed by atoms with E-state index < -0.39 is 10.0 Å². The van der Waals surface area contributed by atoms with E-state index in [4.69, 9.17) is 28.9 Å². The van der Waals surface area contributed by atoms with Crippen molar-refractivity contribution in [2.75, 3.05) is 10.5 Å². The summed E-state index contributed by atoms with van der Waals surface area (Å²) >= 11 is 11.3. The molecule has 0 aliphatic heterocycles. The lowest BCUT2D eigenvalue weighted by Crippen LogP contribution is -2.14. The molecule has 3 N–H and O–H groups in total. The summed E-state index contributed by atoms with van der Waals surface area (Å²) in [5.41, 5.74) is 5.73. The molecule has 0 spiro atoms. The molecule has 1 aromatic heterocycles. The molecule has 0 aliphatic carbocycles. The van der Waals surface area contributed by atoms with Crippen molar-refractivity contribution in [3.63, 3.8) is 0 Å². The third-order valence-electron chi connectivity index (χ3n) is 2.15. The van der Waals surface area contributed by atoms with Crippen LogP contribution in [0.5, 0.6) is 0 Å². The van der Waals surface area contributed by atoms with Gasteiger partial charge in [0.1, 0.15) is 0 Å². The number of nitrogen functional groups attached to an aromatic ring is 1. The molecule has 19 heavy (non-hydrogen) atoms. The van der Waals surface area contributed by atoms with E-state index in [0.29, 0.717) is 0 Å². The standard InChI is InChI=1S/C10H8Cl2N4O2S/c11-7-2-1-6(5-8(7)13)19(17,18)16-10-4-3-9(12)14-15-10/h1-5H,13H2,(H,15,16). The van der Waals surface area contributed by atoms with Crippen LogP contribution in [0.3, 0.4) is 0 Å². The van der Waals surface area contributed by atoms with Crippen molar-refractivity contribution in [1.82, 2.24) is 10.2 Å². The molecule has 1 aromatic carbocycles. The first-order chi connectivity index (χ1) is 8.88. The van der Waals surface area contributed by atoms with E-state index in [9.17, 15) is 8.42 Å². The van der Waals surface area contributed by atoms with E-state index in [2.05, 4.69) is 14.9 Å². The molecule has 6 nitrogen and oxygen atoms in total. The van der Waals surface area contributed by atoms with Gasteiger partial charge in [-0.1, -0.05) is 23.2 Å².